The van der Waals surface area contributed by atoms with Crippen LogP contribution >= 0.6 is 0 Å². The fourth-order valence-electron chi connectivity index (χ4n) is 1.13. The maximum Gasteiger partial charge on any atom is 0.573 e. The van der Waals surface area contributed by atoms with Gasteiger partial charge in [-0.05, 0) is 18.6 Å². The third kappa shape index (κ3) is 2.77. The molecule has 6 heteroatoms. The fourth-order valence-corrected chi connectivity index (χ4v) is 1.13. The summed E-state index contributed by atoms with van der Waals surface area (Å²) in [7, 11) is 0. The van der Waals surface area contributed by atoms with Crippen molar-refractivity contribution >= 4 is 5.69 Å². The second-order valence-electron chi connectivity index (χ2n) is 2.86. The van der Waals surface area contributed by atoms with E-state index in [0.29, 0.717) is 5.56 Å². The van der Waals surface area contributed by atoms with Crippen molar-refractivity contribution in [2.45, 2.75) is 13.3 Å². The number of nitrogens with two attached hydrogens (primary N) is 1. The van der Waals surface area contributed by atoms with Crippen molar-refractivity contribution in [2.24, 2.45) is 0 Å². The Kier molecular flexibility index (Phi) is 2.75. The van der Waals surface area contributed by atoms with Gasteiger partial charge in [-0.15, -0.1) is 13.2 Å². The van der Waals surface area contributed by atoms with Crippen LogP contribution in [0.4, 0.5) is 18.9 Å². The van der Waals surface area contributed by atoms with E-state index in [1.165, 1.54) is 6.92 Å². The Morgan fingerprint density at radius 3 is 2.40 bits per heavy atom. The molecule has 0 fully saturated rings. The molecule has 0 radical (unpaired) electrons. The minimum absolute atomic E-state index is 0.0308. The topological polar surface area (TPSA) is 59.0 Å². The third-order valence-electron chi connectivity index (χ3n) is 1.68. The van der Waals surface area contributed by atoms with Gasteiger partial charge in [0.05, 0.1) is 11.3 Å². The molecule has 0 bridgehead atoms. The van der Waals surface area contributed by atoms with Crippen molar-refractivity contribution in [1.29, 1.82) is 5.26 Å². The van der Waals surface area contributed by atoms with Gasteiger partial charge in [0.25, 0.3) is 0 Å². The van der Waals surface area contributed by atoms with Gasteiger partial charge >= 0.3 is 6.36 Å². The summed E-state index contributed by atoms with van der Waals surface area (Å²) in [4.78, 5) is 0. The number of aryl methyl sites for hydroxylation is 1. The average Bonchev–Trinajstić information content (AvgIpc) is 1.99. The molecule has 80 valence electrons. The van der Waals surface area contributed by atoms with Gasteiger partial charge in [-0.2, -0.15) is 5.26 Å². The maximum atomic E-state index is 11.9. The van der Waals surface area contributed by atoms with E-state index >= 15 is 0 Å². The van der Waals surface area contributed by atoms with E-state index in [0.717, 1.165) is 12.1 Å². The minimum atomic E-state index is -4.76. The van der Waals surface area contributed by atoms with E-state index in [4.69, 9.17) is 11.0 Å². The van der Waals surface area contributed by atoms with Crippen LogP contribution in [0.25, 0.3) is 0 Å². The first-order valence-corrected chi connectivity index (χ1v) is 3.89. The fraction of sp³-hybridized carbons (Fsp3) is 0.222. The summed E-state index contributed by atoms with van der Waals surface area (Å²) in [6.07, 6.45) is -4.76. The number of rotatable bonds is 1. The van der Waals surface area contributed by atoms with Crippen molar-refractivity contribution in [2.75, 3.05) is 5.73 Å². The van der Waals surface area contributed by atoms with Crippen LogP contribution in [0, 0.1) is 18.3 Å². The molecule has 0 saturated heterocycles. The first-order valence-electron chi connectivity index (χ1n) is 3.89. The molecule has 1 aromatic rings. The van der Waals surface area contributed by atoms with Crippen molar-refractivity contribution < 1.29 is 17.9 Å². The van der Waals surface area contributed by atoms with E-state index in [2.05, 4.69) is 4.74 Å². The quantitative estimate of drug-likeness (QED) is 0.733. The molecule has 2 N–H and O–H groups in total. The van der Waals surface area contributed by atoms with E-state index in [-0.39, 0.29) is 11.3 Å². The van der Waals surface area contributed by atoms with Gasteiger partial charge in [0.2, 0.25) is 0 Å². The van der Waals surface area contributed by atoms with Crippen LogP contribution < -0.4 is 10.5 Å². The lowest BCUT2D eigenvalue weighted by molar-refractivity contribution is -0.274. The molecule has 15 heavy (non-hydrogen) atoms. The van der Waals surface area contributed by atoms with Gasteiger partial charge in [-0.25, -0.2) is 0 Å². The van der Waals surface area contributed by atoms with Gasteiger partial charge < -0.3 is 10.5 Å². The molecule has 1 rings (SSSR count). The Morgan fingerprint density at radius 1 is 1.40 bits per heavy atom. The maximum absolute atomic E-state index is 11.9. The van der Waals surface area contributed by atoms with Crippen LogP contribution in [0.2, 0.25) is 0 Å². The number of hydrogen-bond acceptors (Lipinski definition) is 3. The lowest BCUT2D eigenvalue weighted by Gasteiger charge is -2.11. The summed E-state index contributed by atoms with van der Waals surface area (Å²) in [5, 5.41) is 8.63. The number of alkyl halides is 3. The number of nitrogens with zero attached hydrogens (tertiary/aromatic N) is 1. The van der Waals surface area contributed by atoms with Crippen LogP contribution in [0.3, 0.4) is 0 Å². The molecule has 0 saturated carbocycles. The highest BCUT2D eigenvalue weighted by atomic mass is 19.4. The molecule has 0 atom stereocenters. The third-order valence-corrected chi connectivity index (χ3v) is 1.68. The molecule has 0 aliphatic rings. The Morgan fingerprint density at radius 2 is 2.00 bits per heavy atom. The summed E-state index contributed by atoms with van der Waals surface area (Å²) in [6, 6.07) is 3.88. The number of ether oxygens (including phenoxy) is 1. The second kappa shape index (κ2) is 3.69. The van der Waals surface area contributed by atoms with Crippen LogP contribution in [0.15, 0.2) is 12.1 Å². The summed E-state index contributed by atoms with van der Waals surface area (Å²) in [5.41, 5.74) is 5.85. The minimum Gasteiger partial charge on any atom is -0.406 e. The SMILES string of the molecule is Cc1cc(OC(F)(F)F)cc(N)c1C#N. The lowest BCUT2D eigenvalue weighted by Crippen LogP contribution is -2.17. The molecule has 0 aliphatic carbocycles. The normalized spacial score (nSPS) is 10.9. The highest BCUT2D eigenvalue weighted by molar-refractivity contribution is 5.60. The summed E-state index contributed by atoms with van der Waals surface area (Å²) >= 11 is 0. The number of halogens is 3. The van der Waals surface area contributed by atoms with Crippen molar-refractivity contribution in [3.05, 3.63) is 23.3 Å². The van der Waals surface area contributed by atoms with Crippen LogP contribution in [0.1, 0.15) is 11.1 Å². The molecule has 0 aromatic heterocycles. The van der Waals surface area contributed by atoms with Crippen LogP contribution in [0.5, 0.6) is 5.75 Å². The predicted molar refractivity (Wildman–Crippen MR) is 47.0 cm³/mol. The molecule has 0 spiro atoms. The molecule has 0 aliphatic heterocycles. The Hall–Kier alpha value is -1.90. The molecule has 1 aromatic carbocycles. The van der Waals surface area contributed by atoms with E-state index < -0.39 is 12.1 Å². The van der Waals surface area contributed by atoms with E-state index in [1.807, 2.05) is 0 Å². The number of nitriles is 1. The smallest absolute Gasteiger partial charge is 0.406 e. The lowest BCUT2D eigenvalue weighted by atomic mass is 10.1. The van der Waals surface area contributed by atoms with E-state index in [1.54, 1.807) is 6.07 Å². The number of nitrogen functional groups attached to an aromatic ring is 1. The predicted octanol–water partition coefficient (Wildman–Crippen LogP) is 2.35. The molecule has 0 amide bonds. The second-order valence-corrected chi connectivity index (χ2v) is 2.86. The van der Waals surface area contributed by atoms with Crippen molar-refractivity contribution in [1.82, 2.24) is 0 Å². The average molecular weight is 216 g/mol. The van der Waals surface area contributed by atoms with Crippen molar-refractivity contribution in [3.8, 4) is 11.8 Å². The number of anilines is 1. The highest BCUT2D eigenvalue weighted by Crippen LogP contribution is 2.28. The van der Waals surface area contributed by atoms with Gasteiger partial charge in [0.15, 0.2) is 0 Å². The van der Waals surface area contributed by atoms with E-state index in [9.17, 15) is 13.2 Å². The Balaban J connectivity index is 3.11. The Bertz CT molecular complexity index is 397. The van der Waals surface area contributed by atoms with Gasteiger partial charge in [-0.3, -0.25) is 0 Å². The van der Waals surface area contributed by atoms with Gasteiger partial charge in [-0.1, -0.05) is 0 Å². The summed E-state index contributed by atoms with van der Waals surface area (Å²) in [6.45, 7) is 1.48. The standard InChI is InChI=1S/C9H7F3N2O/c1-5-2-6(15-9(10,11)12)3-8(14)7(5)4-13/h2-3H,14H2,1H3. The molecule has 0 unspecified atom stereocenters. The van der Waals surface area contributed by atoms with Crippen LogP contribution in [-0.4, -0.2) is 6.36 Å². The summed E-state index contributed by atoms with van der Waals surface area (Å²) < 4.78 is 39.3. The molecular weight excluding hydrogens is 209 g/mol. The zero-order chi connectivity index (χ0) is 11.6. The largest absolute Gasteiger partial charge is 0.573 e. The first kappa shape index (κ1) is 11.2. The number of hydrogen-bond donors (Lipinski definition) is 1. The summed E-state index contributed by atoms with van der Waals surface area (Å²) in [5.74, 6) is -0.420. The van der Waals surface area contributed by atoms with Gasteiger partial charge in [0.1, 0.15) is 11.8 Å². The molecule has 0 heterocycles. The van der Waals surface area contributed by atoms with Gasteiger partial charge in [0, 0.05) is 6.07 Å². The Labute approximate surface area is 83.9 Å². The zero-order valence-electron chi connectivity index (χ0n) is 7.72. The monoisotopic (exact) mass is 216 g/mol. The zero-order valence-corrected chi connectivity index (χ0v) is 7.72. The van der Waals surface area contributed by atoms with Crippen LogP contribution in [-0.2, 0) is 0 Å². The molecule has 3 nitrogen and oxygen atoms in total. The number of benzene rings is 1. The first-order chi connectivity index (χ1) is 6.83. The van der Waals surface area contributed by atoms with Crippen molar-refractivity contribution in [3.63, 3.8) is 0 Å². The molecular formula is C9H7F3N2O. The highest BCUT2D eigenvalue weighted by Gasteiger charge is 2.31.